The van der Waals surface area contributed by atoms with Crippen LogP contribution in [0.25, 0.3) is 0 Å². The van der Waals surface area contributed by atoms with Gasteiger partial charge in [0, 0.05) is 6.54 Å². The summed E-state index contributed by atoms with van der Waals surface area (Å²) >= 11 is 0. The molecular weight excluding hydrogens is 454 g/mol. The predicted molar refractivity (Wildman–Crippen MR) is 122 cm³/mol. The molecule has 33 heavy (non-hydrogen) atoms. The molecule has 0 bridgehead atoms. The first-order valence-electron chi connectivity index (χ1n) is 10.8. The molecule has 10 nitrogen and oxygen atoms in total. The van der Waals surface area contributed by atoms with E-state index in [2.05, 4.69) is 5.32 Å². The predicted octanol–water partition coefficient (Wildman–Crippen LogP) is 2.29. The van der Waals surface area contributed by atoms with Gasteiger partial charge in [0.25, 0.3) is 10.1 Å². The minimum absolute atomic E-state index is 0.0624. The van der Waals surface area contributed by atoms with Crippen LogP contribution >= 0.6 is 0 Å². The number of carbonyl (C=O) groups is 1. The Morgan fingerprint density at radius 2 is 1.30 bits per heavy atom. The zero-order valence-electron chi connectivity index (χ0n) is 20.0. The Labute approximate surface area is 196 Å². The van der Waals surface area contributed by atoms with Crippen LogP contribution < -0.4 is 5.32 Å². The van der Waals surface area contributed by atoms with E-state index in [0.717, 1.165) is 0 Å². The van der Waals surface area contributed by atoms with E-state index in [4.69, 9.17) is 27.9 Å². The SMILES string of the molecule is Cc1ccccc1S(=O)(=O)OCCOCCOCCOCCOCCNC(=O)OC(C)(C)C. The summed E-state index contributed by atoms with van der Waals surface area (Å²) < 4.78 is 55.7. The van der Waals surface area contributed by atoms with E-state index < -0.39 is 21.8 Å². The molecule has 0 fully saturated rings. The van der Waals surface area contributed by atoms with Gasteiger partial charge in [-0.05, 0) is 39.3 Å². The van der Waals surface area contributed by atoms with Crippen LogP contribution in [-0.2, 0) is 38.0 Å². The summed E-state index contributed by atoms with van der Waals surface area (Å²) in [7, 11) is -3.78. The molecule has 1 aromatic carbocycles. The molecule has 0 aromatic heterocycles. The number of aryl methyl sites for hydroxylation is 1. The highest BCUT2D eigenvalue weighted by Crippen LogP contribution is 2.16. The van der Waals surface area contributed by atoms with Gasteiger partial charge >= 0.3 is 6.09 Å². The van der Waals surface area contributed by atoms with Gasteiger partial charge in [-0.3, -0.25) is 4.18 Å². The molecule has 0 unspecified atom stereocenters. The summed E-state index contributed by atoms with van der Waals surface area (Å²) in [6, 6.07) is 6.65. The number of alkyl carbamates (subject to hydrolysis) is 1. The van der Waals surface area contributed by atoms with Crippen LogP contribution in [0.4, 0.5) is 4.79 Å². The van der Waals surface area contributed by atoms with Crippen molar-refractivity contribution in [3.63, 3.8) is 0 Å². The number of nitrogens with one attached hydrogen (secondary N) is 1. The summed E-state index contributed by atoms with van der Waals surface area (Å²) in [6.07, 6.45) is -0.469. The highest BCUT2D eigenvalue weighted by Gasteiger charge is 2.17. The van der Waals surface area contributed by atoms with Crippen molar-refractivity contribution in [2.75, 3.05) is 66.0 Å². The van der Waals surface area contributed by atoms with E-state index in [1.165, 1.54) is 6.07 Å². The lowest BCUT2D eigenvalue weighted by Crippen LogP contribution is -2.34. The molecule has 1 aromatic rings. The maximum Gasteiger partial charge on any atom is 0.407 e. The molecule has 1 rings (SSSR count). The molecule has 0 saturated heterocycles. The van der Waals surface area contributed by atoms with Crippen molar-refractivity contribution < 1.29 is 41.1 Å². The van der Waals surface area contributed by atoms with Gasteiger partial charge in [-0.1, -0.05) is 18.2 Å². The van der Waals surface area contributed by atoms with Gasteiger partial charge in [-0.25, -0.2) is 4.79 Å². The third-order valence-electron chi connectivity index (χ3n) is 3.86. The highest BCUT2D eigenvalue weighted by atomic mass is 32.2. The first-order valence-corrected chi connectivity index (χ1v) is 12.3. The second-order valence-electron chi connectivity index (χ2n) is 7.92. The maximum absolute atomic E-state index is 12.1. The van der Waals surface area contributed by atoms with E-state index in [0.29, 0.717) is 58.4 Å². The number of benzene rings is 1. The van der Waals surface area contributed by atoms with E-state index in [-0.39, 0.29) is 18.1 Å². The van der Waals surface area contributed by atoms with E-state index in [9.17, 15) is 13.2 Å². The Morgan fingerprint density at radius 3 is 1.82 bits per heavy atom. The second-order valence-corrected chi connectivity index (χ2v) is 9.50. The van der Waals surface area contributed by atoms with E-state index >= 15 is 0 Å². The molecule has 0 aliphatic carbocycles. The maximum atomic E-state index is 12.1. The third-order valence-corrected chi connectivity index (χ3v) is 5.33. The third kappa shape index (κ3) is 14.9. The standard InChI is InChI=1S/C22H37NO9S/c1-19-7-5-6-8-20(19)33(25,26)31-18-17-30-16-15-29-14-13-28-12-11-27-10-9-23-21(24)32-22(2,3)4/h5-8H,9-18H2,1-4H3,(H,23,24). The van der Waals surface area contributed by atoms with Crippen LogP contribution in [0.2, 0.25) is 0 Å². The van der Waals surface area contributed by atoms with Crippen LogP contribution in [0, 0.1) is 6.92 Å². The fourth-order valence-corrected chi connectivity index (χ4v) is 3.53. The van der Waals surface area contributed by atoms with Crippen molar-refractivity contribution >= 4 is 16.2 Å². The molecule has 1 amide bonds. The lowest BCUT2D eigenvalue weighted by Gasteiger charge is -2.19. The van der Waals surface area contributed by atoms with Crippen molar-refractivity contribution in [3.8, 4) is 0 Å². The monoisotopic (exact) mass is 491 g/mol. The van der Waals surface area contributed by atoms with Gasteiger partial charge < -0.3 is 29.0 Å². The summed E-state index contributed by atoms with van der Waals surface area (Å²) in [5.41, 5.74) is 0.114. The normalized spacial score (nSPS) is 12.0. The Kier molecular flexibility index (Phi) is 14.2. The molecule has 1 N–H and O–H groups in total. The molecule has 11 heteroatoms. The summed E-state index contributed by atoms with van der Waals surface area (Å²) in [4.78, 5) is 11.6. The fraction of sp³-hybridized carbons (Fsp3) is 0.682. The van der Waals surface area contributed by atoms with E-state index in [1.54, 1.807) is 45.9 Å². The lowest BCUT2D eigenvalue weighted by atomic mass is 10.2. The number of amides is 1. The summed E-state index contributed by atoms with van der Waals surface area (Å²) in [5, 5.41) is 2.60. The van der Waals surface area contributed by atoms with Crippen LogP contribution in [-0.4, -0.2) is 86.1 Å². The first kappa shape index (κ1) is 29.3. The van der Waals surface area contributed by atoms with Gasteiger partial charge in [-0.2, -0.15) is 8.42 Å². The van der Waals surface area contributed by atoms with E-state index in [1.807, 2.05) is 0 Å². The lowest BCUT2D eigenvalue weighted by molar-refractivity contribution is -0.00437. The smallest absolute Gasteiger partial charge is 0.407 e. The zero-order valence-corrected chi connectivity index (χ0v) is 20.8. The van der Waals surface area contributed by atoms with Crippen molar-refractivity contribution in [2.45, 2.75) is 38.2 Å². The van der Waals surface area contributed by atoms with Crippen molar-refractivity contribution in [1.82, 2.24) is 5.32 Å². The molecule has 190 valence electrons. The second kappa shape index (κ2) is 16.0. The van der Waals surface area contributed by atoms with Crippen molar-refractivity contribution in [3.05, 3.63) is 29.8 Å². The first-order chi connectivity index (χ1) is 15.6. The zero-order chi connectivity index (χ0) is 24.6. The molecule has 0 spiro atoms. The minimum Gasteiger partial charge on any atom is -0.444 e. The van der Waals surface area contributed by atoms with Crippen LogP contribution in [0.3, 0.4) is 0 Å². The minimum atomic E-state index is -3.78. The Balaban J connectivity index is 1.87. The largest absolute Gasteiger partial charge is 0.444 e. The molecule has 0 saturated carbocycles. The Bertz CT molecular complexity index is 778. The molecule has 0 aliphatic heterocycles. The van der Waals surface area contributed by atoms with Gasteiger partial charge in [0.1, 0.15) is 5.60 Å². The van der Waals surface area contributed by atoms with Gasteiger partial charge in [0.15, 0.2) is 0 Å². The molecule has 0 radical (unpaired) electrons. The van der Waals surface area contributed by atoms with Crippen LogP contribution in [0.15, 0.2) is 29.2 Å². The molecule has 0 aliphatic rings. The number of hydrogen-bond acceptors (Lipinski definition) is 9. The van der Waals surface area contributed by atoms with Crippen LogP contribution in [0.5, 0.6) is 0 Å². The van der Waals surface area contributed by atoms with Crippen molar-refractivity contribution in [1.29, 1.82) is 0 Å². The Morgan fingerprint density at radius 1 is 0.818 bits per heavy atom. The quantitative estimate of drug-likeness (QED) is 0.259. The average molecular weight is 492 g/mol. The Hall–Kier alpha value is -1.76. The topological polar surface area (TPSA) is 119 Å². The number of carbonyl (C=O) groups excluding carboxylic acids is 1. The molecule has 0 heterocycles. The van der Waals surface area contributed by atoms with Gasteiger partial charge in [0.2, 0.25) is 0 Å². The average Bonchev–Trinajstić information content (AvgIpc) is 2.72. The van der Waals surface area contributed by atoms with Gasteiger partial charge in [-0.15, -0.1) is 0 Å². The fourth-order valence-electron chi connectivity index (χ4n) is 2.40. The van der Waals surface area contributed by atoms with Crippen molar-refractivity contribution in [2.24, 2.45) is 0 Å². The highest BCUT2D eigenvalue weighted by molar-refractivity contribution is 7.86. The van der Waals surface area contributed by atoms with Gasteiger partial charge in [0.05, 0.1) is 64.4 Å². The molecule has 0 atom stereocenters. The molecular formula is C22H37NO9S. The number of ether oxygens (including phenoxy) is 5. The number of hydrogen-bond donors (Lipinski definition) is 1. The number of rotatable bonds is 17. The van der Waals surface area contributed by atoms with Crippen LogP contribution in [0.1, 0.15) is 26.3 Å². The summed E-state index contributed by atoms with van der Waals surface area (Å²) in [6.45, 7) is 10.3. The summed E-state index contributed by atoms with van der Waals surface area (Å²) in [5.74, 6) is 0.